The molecule has 0 aliphatic rings. The molecule has 0 unspecified atom stereocenters. The first-order valence-electron chi connectivity index (χ1n) is 5.72. The summed E-state index contributed by atoms with van der Waals surface area (Å²) in [5, 5.41) is 12.1. The maximum absolute atomic E-state index is 6.17. The van der Waals surface area contributed by atoms with Crippen LogP contribution in [0.15, 0.2) is 28.9 Å². The molecule has 0 bridgehead atoms. The molecule has 18 heavy (non-hydrogen) atoms. The number of nitrogens with one attached hydrogen (secondary N) is 1. The second-order valence-corrected chi connectivity index (χ2v) is 5.25. The smallest absolute Gasteiger partial charge is 0.0964 e. The van der Waals surface area contributed by atoms with Crippen LogP contribution in [0.2, 0.25) is 5.02 Å². The van der Waals surface area contributed by atoms with E-state index in [1.54, 1.807) is 4.68 Å². The molecule has 1 heterocycles. The Morgan fingerprint density at radius 2 is 2.28 bits per heavy atom. The first-order valence-corrected chi connectivity index (χ1v) is 6.89. The topological polar surface area (TPSA) is 42.7 Å². The number of halogens is 2. The second kappa shape index (κ2) is 6.31. The number of hydrogen-bond donors (Lipinski definition) is 1. The second-order valence-electron chi connectivity index (χ2n) is 3.92. The van der Waals surface area contributed by atoms with Crippen LogP contribution in [0, 0.1) is 0 Å². The van der Waals surface area contributed by atoms with Crippen LogP contribution in [0.3, 0.4) is 0 Å². The fourth-order valence-corrected chi connectivity index (χ4v) is 2.31. The van der Waals surface area contributed by atoms with E-state index in [0.717, 1.165) is 33.8 Å². The minimum Gasteiger partial charge on any atom is -0.311 e. The third-order valence-electron chi connectivity index (χ3n) is 2.49. The highest BCUT2D eigenvalue weighted by Crippen LogP contribution is 2.21. The molecule has 0 spiro atoms. The summed E-state index contributed by atoms with van der Waals surface area (Å²) in [6.45, 7) is 4.35. The van der Waals surface area contributed by atoms with Crippen molar-refractivity contribution in [1.29, 1.82) is 0 Å². The summed E-state index contributed by atoms with van der Waals surface area (Å²) in [6, 6.07) is 5.84. The molecule has 96 valence electrons. The Hall–Kier alpha value is -0.910. The summed E-state index contributed by atoms with van der Waals surface area (Å²) in [5.74, 6) is 0. The minimum absolute atomic E-state index is 0.630. The summed E-state index contributed by atoms with van der Waals surface area (Å²) < 4.78 is 2.77. The molecule has 1 aromatic heterocycles. The van der Waals surface area contributed by atoms with Crippen molar-refractivity contribution in [3.05, 3.63) is 45.1 Å². The van der Waals surface area contributed by atoms with Crippen molar-refractivity contribution < 1.29 is 0 Å². The van der Waals surface area contributed by atoms with E-state index in [1.807, 2.05) is 24.4 Å². The highest BCUT2D eigenvalue weighted by atomic mass is 79.9. The van der Waals surface area contributed by atoms with Crippen molar-refractivity contribution in [2.75, 3.05) is 6.54 Å². The Morgan fingerprint density at radius 1 is 1.44 bits per heavy atom. The SMILES string of the molecule is CCNCc1cn(Cc2ccc(Br)cc2Cl)nn1. The van der Waals surface area contributed by atoms with Crippen LogP contribution in [0.5, 0.6) is 0 Å². The molecule has 6 heteroatoms. The molecule has 0 aliphatic carbocycles. The summed E-state index contributed by atoms with van der Waals surface area (Å²) in [5.41, 5.74) is 1.96. The third-order valence-corrected chi connectivity index (χ3v) is 3.33. The Kier molecular flexibility index (Phi) is 4.74. The zero-order chi connectivity index (χ0) is 13.0. The van der Waals surface area contributed by atoms with E-state index < -0.39 is 0 Å². The summed E-state index contributed by atoms with van der Waals surface area (Å²) in [4.78, 5) is 0. The zero-order valence-electron chi connectivity index (χ0n) is 10.0. The normalized spacial score (nSPS) is 10.8. The minimum atomic E-state index is 0.630. The maximum atomic E-state index is 6.17. The molecule has 0 aliphatic heterocycles. The van der Waals surface area contributed by atoms with Crippen LogP contribution in [-0.2, 0) is 13.1 Å². The zero-order valence-corrected chi connectivity index (χ0v) is 12.4. The number of aromatic nitrogens is 3. The van der Waals surface area contributed by atoms with E-state index >= 15 is 0 Å². The van der Waals surface area contributed by atoms with Gasteiger partial charge < -0.3 is 5.32 Å². The van der Waals surface area contributed by atoms with Crippen LogP contribution in [0.1, 0.15) is 18.2 Å². The molecule has 0 radical (unpaired) electrons. The van der Waals surface area contributed by atoms with E-state index in [-0.39, 0.29) is 0 Å². The van der Waals surface area contributed by atoms with Gasteiger partial charge in [-0.2, -0.15) is 0 Å². The molecule has 2 rings (SSSR count). The Balaban J connectivity index is 2.06. The number of rotatable bonds is 5. The van der Waals surface area contributed by atoms with Crippen molar-refractivity contribution in [3.8, 4) is 0 Å². The molecule has 0 fully saturated rings. The van der Waals surface area contributed by atoms with Gasteiger partial charge in [-0.25, -0.2) is 4.68 Å². The van der Waals surface area contributed by atoms with Gasteiger partial charge in [0.15, 0.2) is 0 Å². The lowest BCUT2D eigenvalue weighted by atomic mass is 10.2. The number of hydrogen-bond acceptors (Lipinski definition) is 3. The standard InChI is InChI=1S/C12H14BrClN4/c1-2-15-6-11-8-18(17-16-11)7-9-3-4-10(13)5-12(9)14/h3-5,8,15H,2,6-7H2,1H3. The van der Waals surface area contributed by atoms with E-state index in [9.17, 15) is 0 Å². The van der Waals surface area contributed by atoms with Gasteiger partial charge in [-0.05, 0) is 24.2 Å². The van der Waals surface area contributed by atoms with Gasteiger partial charge in [-0.15, -0.1) is 5.10 Å². The van der Waals surface area contributed by atoms with E-state index in [4.69, 9.17) is 11.6 Å². The average Bonchev–Trinajstić information content (AvgIpc) is 2.78. The van der Waals surface area contributed by atoms with Gasteiger partial charge in [0.25, 0.3) is 0 Å². The van der Waals surface area contributed by atoms with Crippen LogP contribution >= 0.6 is 27.5 Å². The first kappa shape index (κ1) is 13.5. The van der Waals surface area contributed by atoms with Crippen molar-refractivity contribution >= 4 is 27.5 Å². The third kappa shape index (κ3) is 3.54. The lowest BCUT2D eigenvalue weighted by Gasteiger charge is -2.04. The molecule has 1 N–H and O–H groups in total. The molecule has 0 saturated carbocycles. The average molecular weight is 330 g/mol. The Labute approximate surface area is 119 Å². The van der Waals surface area contributed by atoms with E-state index in [1.165, 1.54) is 0 Å². The number of nitrogens with zero attached hydrogens (tertiary/aromatic N) is 3. The van der Waals surface area contributed by atoms with E-state index in [2.05, 4.69) is 38.5 Å². The summed E-state index contributed by atoms with van der Waals surface area (Å²) >= 11 is 9.55. The van der Waals surface area contributed by atoms with Crippen molar-refractivity contribution in [2.24, 2.45) is 0 Å². The molecule has 0 amide bonds. The van der Waals surface area contributed by atoms with Crippen LogP contribution in [-0.4, -0.2) is 21.5 Å². The fraction of sp³-hybridized carbons (Fsp3) is 0.333. The highest BCUT2D eigenvalue weighted by molar-refractivity contribution is 9.10. The quantitative estimate of drug-likeness (QED) is 0.917. The maximum Gasteiger partial charge on any atom is 0.0964 e. The Morgan fingerprint density at radius 3 is 3.00 bits per heavy atom. The van der Waals surface area contributed by atoms with Gasteiger partial charge in [-0.1, -0.05) is 45.7 Å². The fourth-order valence-electron chi connectivity index (χ4n) is 1.57. The predicted octanol–water partition coefficient (Wildman–Crippen LogP) is 2.85. The first-order chi connectivity index (χ1) is 8.69. The van der Waals surface area contributed by atoms with Crippen LogP contribution in [0.4, 0.5) is 0 Å². The summed E-state index contributed by atoms with van der Waals surface area (Å²) in [7, 11) is 0. The number of benzene rings is 1. The lowest BCUT2D eigenvalue weighted by molar-refractivity contribution is 0.648. The Bertz CT molecular complexity index is 527. The summed E-state index contributed by atoms with van der Waals surface area (Å²) in [6.07, 6.45) is 1.93. The van der Waals surface area contributed by atoms with Crippen molar-refractivity contribution in [2.45, 2.75) is 20.0 Å². The predicted molar refractivity (Wildman–Crippen MR) is 75.7 cm³/mol. The molecule has 0 atom stereocenters. The highest BCUT2D eigenvalue weighted by Gasteiger charge is 2.04. The van der Waals surface area contributed by atoms with Gasteiger partial charge in [0.05, 0.1) is 18.4 Å². The van der Waals surface area contributed by atoms with Crippen molar-refractivity contribution in [3.63, 3.8) is 0 Å². The molecular formula is C12H14BrClN4. The van der Waals surface area contributed by atoms with Gasteiger partial charge in [0.2, 0.25) is 0 Å². The van der Waals surface area contributed by atoms with Gasteiger partial charge in [-0.3, -0.25) is 0 Å². The van der Waals surface area contributed by atoms with E-state index in [0.29, 0.717) is 6.54 Å². The molecule has 2 aromatic rings. The largest absolute Gasteiger partial charge is 0.311 e. The molecule has 1 aromatic carbocycles. The monoisotopic (exact) mass is 328 g/mol. The van der Waals surface area contributed by atoms with Crippen molar-refractivity contribution in [1.82, 2.24) is 20.3 Å². The van der Waals surface area contributed by atoms with Gasteiger partial charge in [0.1, 0.15) is 0 Å². The van der Waals surface area contributed by atoms with Crippen LogP contribution in [0.25, 0.3) is 0 Å². The molecular weight excluding hydrogens is 316 g/mol. The molecule has 4 nitrogen and oxygen atoms in total. The van der Waals surface area contributed by atoms with Crippen LogP contribution < -0.4 is 5.32 Å². The molecule has 0 saturated heterocycles. The lowest BCUT2D eigenvalue weighted by Crippen LogP contribution is -2.11. The van der Waals surface area contributed by atoms with Gasteiger partial charge in [0, 0.05) is 16.0 Å². The van der Waals surface area contributed by atoms with Gasteiger partial charge >= 0.3 is 0 Å².